The van der Waals surface area contributed by atoms with E-state index in [-0.39, 0.29) is 0 Å². The van der Waals surface area contributed by atoms with Crippen molar-refractivity contribution < 1.29 is 0 Å². The maximum Gasteiger partial charge on any atom is -0.0000000000546 e. The van der Waals surface area contributed by atoms with E-state index in [9.17, 15) is 0 Å². The lowest BCUT2D eigenvalue weighted by Gasteiger charge is -1.68. The van der Waals surface area contributed by atoms with Gasteiger partial charge in [-0.25, -0.2) is 0 Å². The molecule has 0 bridgehead atoms. The highest BCUT2D eigenvalue weighted by molar-refractivity contribution is 4.11. The highest BCUT2D eigenvalue weighted by atomic mass is 15.7. The summed E-state index contributed by atoms with van der Waals surface area (Å²) in [6.07, 6.45) is 0. The van der Waals surface area contributed by atoms with Crippen molar-refractivity contribution in [2.45, 2.75) is 0 Å². The quantitative estimate of drug-likeness (QED) is 0.379. The lowest BCUT2D eigenvalue weighted by atomic mass is 12.3. The second-order valence-corrected chi connectivity index (χ2v) is 1.13. The van der Waals surface area contributed by atoms with Crippen molar-refractivity contribution in [2.75, 3.05) is 0 Å². The van der Waals surface area contributed by atoms with Gasteiger partial charge in [0, 0.05) is 0 Å². The lowest BCUT2D eigenvalue weighted by molar-refractivity contribution is 0.754. The van der Waals surface area contributed by atoms with E-state index in [0.717, 1.165) is 0 Å². The van der Waals surface area contributed by atoms with Crippen LogP contribution in [0.1, 0.15) is 0 Å². The Morgan fingerprint density at radius 1 is 0.357 bits per heavy atom. The normalized spacial score (nSPS) is 14.0. The van der Waals surface area contributed by atoms with Crippen LogP contribution in [-0.4, -0.2) is 0 Å². The second-order valence-electron chi connectivity index (χ2n) is 1.13. The molecule has 0 aromatic carbocycles. The number of hydrogen-bond acceptors (Lipinski definition) is 2. The Balaban J connectivity index is 3.70. The molecule has 0 saturated heterocycles. The van der Waals surface area contributed by atoms with Gasteiger partial charge in [0.15, 0.2) is 0 Å². The van der Waals surface area contributed by atoms with Crippen molar-refractivity contribution in [1.29, 1.82) is 0 Å². The Labute approximate surface area is 75.5 Å². The first kappa shape index (κ1) is 11.2. The fourth-order valence-electron chi connectivity index (χ4n) is 0.189. The van der Waals surface area contributed by atoms with Gasteiger partial charge in [-0.1, -0.05) is 10.4 Å². The molecule has 0 aliphatic carbocycles. The molecule has 0 aliphatic heterocycles. The predicted molar refractivity (Wildman–Crippen MR) is 37.5 cm³/mol. The van der Waals surface area contributed by atoms with Crippen LogP contribution in [0.25, 0.3) is 0 Å². The highest BCUT2D eigenvalue weighted by Crippen LogP contribution is 1.86. The average Bonchev–Trinajstić information content (AvgIpc) is 2.21. The molecular formula is H4N14. The van der Waals surface area contributed by atoms with E-state index in [1.54, 1.807) is 0 Å². The van der Waals surface area contributed by atoms with Crippen molar-refractivity contribution in [3.8, 4) is 0 Å². The van der Waals surface area contributed by atoms with Gasteiger partial charge in [0.05, 0.1) is 0 Å². The van der Waals surface area contributed by atoms with Crippen LogP contribution in [-0.2, 0) is 0 Å². The van der Waals surface area contributed by atoms with Crippen molar-refractivity contribution in [3.63, 3.8) is 0 Å². The Hall–Kier alpha value is -2.80. The molecular weight excluding hydrogens is 196 g/mol. The minimum atomic E-state index is 2.74. The van der Waals surface area contributed by atoms with Crippen LogP contribution >= 0.6 is 0 Å². The molecule has 14 heteroatoms. The topological polar surface area (TPSA) is 200 Å². The Morgan fingerprint density at radius 3 is 0.786 bits per heavy atom. The van der Waals surface area contributed by atoms with E-state index in [1.807, 2.05) is 0 Å². The second kappa shape index (κ2) is 10.2. The monoisotopic (exact) mass is 200 g/mol. The zero-order valence-electron chi connectivity index (χ0n) is 6.52. The average molecular weight is 200 g/mol. The van der Waals surface area contributed by atoms with Crippen molar-refractivity contribution in [2.24, 2.45) is 74.4 Å². The molecule has 14 heavy (non-hydrogen) atoms. The van der Waals surface area contributed by atoms with Gasteiger partial charge in [-0.3, -0.25) is 0 Å². The summed E-state index contributed by atoms with van der Waals surface area (Å²) in [5.74, 6) is 9.14. The van der Waals surface area contributed by atoms with Crippen LogP contribution in [0, 0.1) is 0 Å². The minimum absolute atomic E-state index is 2.74. The molecule has 0 unspecified atom stereocenters. The van der Waals surface area contributed by atoms with Crippen LogP contribution in [0.2, 0.25) is 0 Å². The van der Waals surface area contributed by atoms with Crippen LogP contribution in [0.15, 0.2) is 62.7 Å². The molecule has 0 aliphatic rings. The standard InChI is InChI=1S/H4N14/c1-3-5-7-9-11-13-14-12-10-8-6-4-2/h(H2,1,4,5,8,9,12,13)(H2,2,3,6,7,10,11,14). The molecule has 14 nitrogen and oxygen atoms in total. The first-order valence-corrected chi connectivity index (χ1v) is 2.72. The highest BCUT2D eigenvalue weighted by Gasteiger charge is 1.67. The third-order valence-electron chi connectivity index (χ3n) is 0.463. The molecule has 0 aromatic heterocycles. The maximum atomic E-state index is 4.57. The first-order valence-electron chi connectivity index (χ1n) is 2.72. The predicted octanol–water partition coefficient (Wildman–Crippen LogP) is 1.02. The number of hydrogen-bond donors (Lipinski definition) is 2. The van der Waals surface area contributed by atoms with Gasteiger partial charge in [0.2, 0.25) is 0 Å². The molecule has 4 N–H and O–H groups in total. The summed E-state index contributed by atoms with van der Waals surface area (Å²) in [6.45, 7) is 0. The fraction of sp³-hybridized carbons (Fsp3) is 0. The molecule has 0 fully saturated rings. The third-order valence-corrected chi connectivity index (χ3v) is 0.463. The summed E-state index contributed by atoms with van der Waals surface area (Å²) >= 11 is 0. The minimum Gasteiger partial charge on any atom is -0.303 e. The zero-order valence-corrected chi connectivity index (χ0v) is 6.52. The number of nitrogens with zero attached hydrogens (tertiary/aromatic N) is 12. The van der Waals surface area contributed by atoms with E-state index in [2.05, 4.69) is 74.4 Å². The van der Waals surface area contributed by atoms with Crippen LogP contribution in [0.5, 0.6) is 0 Å². The van der Waals surface area contributed by atoms with Gasteiger partial charge in [-0.15, -0.1) is 0 Å². The molecule has 0 heterocycles. The number of rotatable bonds is 5. The molecule has 0 amide bonds. The van der Waals surface area contributed by atoms with Crippen LogP contribution in [0.4, 0.5) is 0 Å². The van der Waals surface area contributed by atoms with Gasteiger partial charge < -0.3 is 11.7 Å². The van der Waals surface area contributed by atoms with Gasteiger partial charge >= 0.3 is 0 Å². The van der Waals surface area contributed by atoms with Crippen molar-refractivity contribution in [3.05, 3.63) is 0 Å². The van der Waals surface area contributed by atoms with Crippen molar-refractivity contribution >= 4 is 0 Å². The Bertz CT molecular complexity index is 240. The van der Waals surface area contributed by atoms with E-state index < -0.39 is 0 Å². The summed E-state index contributed by atoms with van der Waals surface area (Å²) in [7, 11) is 0. The maximum absolute atomic E-state index is 4.57. The number of nitrogens with two attached hydrogens (primary N) is 2. The van der Waals surface area contributed by atoms with E-state index in [0.29, 0.717) is 0 Å². The summed E-state index contributed by atoms with van der Waals surface area (Å²) < 4.78 is 0. The van der Waals surface area contributed by atoms with Crippen LogP contribution in [0.3, 0.4) is 0 Å². The van der Waals surface area contributed by atoms with Gasteiger partial charge in [-0.05, 0) is 52.2 Å². The summed E-state index contributed by atoms with van der Waals surface area (Å²) in [6, 6.07) is 0. The third kappa shape index (κ3) is 9.20. The van der Waals surface area contributed by atoms with E-state index in [1.165, 1.54) is 0 Å². The van der Waals surface area contributed by atoms with Crippen LogP contribution < -0.4 is 11.7 Å². The van der Waals surface area contributed by atoms with Crippen molar-refractivity contribution in [1.82, 2.24) is 0 Å². The molecule has 0 aromatic rings. The molecule has 0 radical (unpaired) electrons. The van der Waals surface area contributed by atoms with Gasteiger partial charge in [-0.2, -0.15) is 0 Å². The Morgan fingerprint density at radius 2 is 0.571 bits per heavy atom. The molecule has 0 rings (SSSR count). The molecule has 0 spiro atoms. The van der Waals surface area contributed by atoms with Gasteiger partial charge in [0.25, 0.3) is 0 Å². The zero-order chi connectivity index (χ0) is 10.5. The summed E-state index contributed by atoms with van der Waals surface area (Å²) in [5.41, 5.74) is 0. The smallest absolute Gasteiger partial charge is 0.0000000000546 e. The molecule has 0 atom stereocenters. The fourth-order valence-corrected chi connectivity index (χ4v) is 0.189. The lowest BCUT2D eigenvalue weighted by Crippen LogP contribution is -1.70. The van der Waals surface area contributed by atoms with E-state index in [4.69, 9.17) is 0 Å². The Kier molecular flexibility index (Phi) is 8.16. The van der Waals surface area contributed by atoms with Gasteiger partial charge in [0.1, 0.15) is 0 Å². The molecule has 74 valence electrons. The first-order chi connectivity index (χ1) is 6.91. The SMILES string of the molecule is N/N=N/N=N/N=N/N=N/N=N/N=N/N. The van der Waals surface area contributed by atoms with E-state index >= 15 is 0 Å². The summed E-state index contributed by atoms with van der Waals surface area (Å²) in [5, 5.41) is 34.9. The molecule has 0 saturated carbocycles. The largest absolute Gasteiger partial charge is 0.303 e. The summed E-state index contributed by atoms with van der Waals surface area (Å²) in [4.78, 5) is 0.